The molecule has 1 aromatic rings. The number of carbonyl (C=O) groups is 1. The van der Waals surface area contributed by atoms with Crippen LogP contribution in [0.1, 0.15) is 46.1 Å². The molecule has 4 atom stereocenters. The molecule has 1 saturated carbocycles. The van der Waals surface area contributed by atoms with Gasteiger partial charge in [0.1, 0.15) is 6.10 Å². The van der Waals surface area contributed by atoms with Gasteiger partial charge in [-0.25, -0.2) is 0 Å². The average molecular weight is 426 g/mol. The Hall–Kier alpha value is -1.18. The van der Waals surface area contributed by atoms with Gasteiger partial charge >= 0.3 is 0 Å². The number of hydrogen-bond donors (Lipinski definition) is 1. The van der Waals surface area contributed by atoms with Crippen LogP contribution in [0.4, 0.5) is 0 Å². The molecule has 29 heavy (non-hydrogen) atoms. The first kappa shape index (κ1) is 22.5. The van der Waals surface area contributed by atoms with Crippen molar-refractivity contribution < 1.29 is 23.7 Å². The second-order valence-electron chi connectivity index (χ2n) is 8.84. The highest BCUT2D eigenvalue weighted by atomic mass is 35.5. The summed E-state index contributed by atoms with van der Waals surface area (Å²) >= 11 is 6.11. The lowest BCUT2D eigenvalue weighted by Gasteiger charge is -2.43. The fourth-order valence-corrected chi connectivity index (χ4v) is 4.29. The van der Waals surface area contributed by atoms with E-state index in [1.807, 2.05) is 38.1 Å². The number of rotatable bonds is 7. The minimum atomic E-state index is -1.07. The Morgan fingerprint density at radius 2 is 2.07 bits per heavy atom. The van der Waals surface area contributed by atoms with E-state index in [9.17, 15) is 4.79 Å². The molecule has 0 spiro atoms. The zero-order valence-electron chi connectivity index (χ0n) is 17.9. The van der Waals surface area contributed by atoms with Gasteiger partial charge in [-0.3, -0.25) is 4.79 Å². The Kier molecular flexibility index (Phi) is 6.91. The van der Waals surface area contributed by atoms with E-state index in [0.29, 0.717) is 30.3 Å². The summed E-state index contributed by atoms with van der Waals surface area (Å²) in [4.78, 5) is 13.3. The van der Waals surface area contributed by atoms with Crippen LogP contribution in [0, 0.1) is 5.92 Å². The van der Waals surface area contributed by atoms with Crippen LogP contribution in [0.15, 0.2) is 24.3 Å². The number of methoxy groups -OCH3 is 1. The van der Waals surface area contributed by atoms with Crippen LogP contribution >= 0.6 is 11.6 Å². The Balaban J connectivity index is 1.84. The lowest BCUT2D eigenvalue weighted by Crippen LogP contribution is -2.60. The molecule has 0 bridgehead atoms. The summed E-state index contributed by atoms with van der Waals surface area (Å²) in [5.41, 5.74) is -0.156. The quantitative estimate of drug-likeness (QED) is 0.721. The lowest BCUT2D eigenvalue weighted by atomic mass is 9.78. The van der Waals surface area contributed by atoms with Crippen molar-refractivity contribution in [1.82, 2.24) is 5.32 Å². The van der Waals surface area contributed by atoms with E-state index >= 15 is 0 Å². The summed E-state index contributed by atoms with van der Waals surface area (Å²) in [7, 11) is 1.63. The maximum absolute atomic E-state index is 13.3. The van der Waals surface area contributed by atoms with Crippen LogP contribution in [-0.2, 0) is 30.3 Å². The number of ether oxygens (including phenoxy) is 4. The maximum Gasteiger partial charge on any atom is 0.252 e. The third-order valence-electron chi connectivity index (χ3n) is 5.44. The Bertz CT molecular complexity index is 725. The first-order valence-electron chi connectivity index (χ1n) is 10.2. The smallest absolute Gasteiger partial charge is 0.252 e. The summed E-state index contributed by atoms with van der Waals surface area (Å²) in [6.45, 7) is 8.73. The second-order valence-corrected chi connectivity index (χ2v) is 9.27. The fourth-order valence-electron chi connectivity index (χ4n) is 4.08. The van der Waals surface area contributed by atoms with Crippen molar-refractivity contribution in [3.8, 4) is 0 Å². The van der Waals surface area contributed by atoms with Crippen LogP contribution in [0.5, 0.6) is 0 Å². The second kappa shape index (κ2) is 8.90. The zero-order valence-corrected chi connectivity index (χ0v) is 18.6. The van der Waals surface area contributed by atoms with Crippen molar-refractivity contribution in [3.63, 3.8) is 0 Å². The molecule has 162 valence electrons. The first-order valence-corrected chi connectivity index (χ1v) is 10.6. The van der Waals surface area contributed by atoms with Gasteiger partial charge in [0.2, 0.25) is 0 Å². The molecule has 0 radical (unpaired) electrons. The molecule has 3 rings (SSSR count). The largest absolute Gasteiger partial charge is 0.379 e. The van der Waals surface area contributed by atoms with Gasteiger partial charge in [0, 0.05) is 31.5 Å². The first-order chi connectivity index (χ1) is 13.6. The van der Waals surface area contributed by atoms with E-state index in [1.165, 1.54) is 0 Å². The summed E-state index contributed by atoms with van der Waals surface area (Å²) in [5.74, 6) is -0.519. The molecule has 2 aliphatic rings. The number of amides is 1. The highest BCUT2D eigenvalue weighted by molar-refractivity contribution is 6.30. The van der Waals surface area contributed by atoms with Gasteiger partial charge < -0.3 is 24.3 Å². The van der Waals surface area contributed by atoms with Crippen molar-refractivity contribution in [2.45, 2.75) is 76.8 Å². The zero-order chi connectivity index (χ0) is 21.2. The monoisotopic (exact) mass is 425 g/mol. The van der Waals surface area contributed by atoms with Crippen LogP contribution in [0.3, 0.4) is 0 Å². The minimum absolute atomic E-state index is 0.137. The van der Waals surface area contributed by atoms with E-state index in [-0.39, 0.29) is 30.8 Å². The van der Waals surface area contributed by atoms with Gasteiger partial charge in [-0.1, -0.05) is 37.6 Å². The Labute approximate surface area is 178 Å². The highest BCUT2D eigenvalue weighted by Gasteiger charge is 2.57. The van der Waals surface area contributed by atoms with Gasteiger partial charge in [-0.2, -0.15) is 0 Å². The summed E-state index contributed by atoms with van der Waals surface area (Å²) in [6, 6.07) is 7.47. The van der Waals surface area contributed by atoms with Gasteiger partial charge in [-0.15, -0.1) is 0 Å². The third-order valence-corrected chi connectivity index (χ3v) is 5.68. The van der Waals surface area contributed by atoms with Crippen molar-refractivity contribution in [3.05, 3.63) is 34.9 Å². The average Bonchev–Trinajstić information content (AvgIpc) is 2.97. The fraction of sp³-hybridized carbons (Fsp3) is 0.682. The lowest BCUT2D eigenvalue weighted by molar-refractivity contribution is -0.178. The van der Waals surface area contributed by atoms with Crippen molar-refractivity contribution >= 4 is 17.5 Å². The Morgan fingerprint density at radius 3 is 2.72 bits per heavy atom. The summed E-state index contributed by atoms with van der Waals surface area (Å²) < 4.78 is 24.2. The van der Waals surface area contributed by atoms with E-state index < -0.39 is 11.4 Å². The van der Waals surface area contributed by atoms with Gasteiger partial charge in [0.05, 0.1) is 18.8 Å². The van der Waals surface area contributed by atoms with Crippen LogP contribution < -0.4 is 5.32 Å². The van der Waals surface area contributed by atoms with Crippen molar-refractivity contribution in [2.24, 2.45) is 5.92 Å². The van der Waals surface area contributed by atoms with Crippen LogP contribution in [0.25, 0.3) is 0 Å². The molecule has 1 N–H and O–H groups in total. The molecule has 0 aromatic heterocycles. The molecule has 7 heteroatoms. The van der Waals surface area contributed by atoms with E-state index in [4.69, 9.17) is 30.5 Å². The van der Waals surface area contributed by atoms with E-state index in [0.717, 1.165) is 5.56 Å². The molecule has 1 unspecified atom stereocenters. The third kappa shape index (κ3) is 5.30. The standard InChI is InChI=1S/C22H32ClNO5/c1-14(2)12-24-20(25)22(27-13-15-7-6-8-16(23)9-15)10-17(26-5)19-18(11-22)28-21(3,4)29-19/h6-9,14,17-19H,10-13H2,1-5H3,(H,24,25)/t17?,18-,19+,22-/m1/s1. The van der Waals surface area contributed by atoms with Crippen LogP contribution in [-0.4, -0.2) is 49.3 Å². The summed E-state index contributed by atoms with van der Waals surface area (Å²) in [6.07, 6.45) is -0.0107. The maximum atomic E-state index is 13.3. The number of nitrogens with one attached hydrogen (secondary N) is 1. The summed E-state index contributed by atoms with van der Waals surface area (Å²) in [5, 5.41) is 3.68. The molecule has 6 nitrogen and oxygen atoms in total. The normalized spacial score (nSPS) is 30.9. The van der Waals surface area contributed by atoms with E-state index in [2.05, 4.69) is 19.2 Å². The number of hydrogen-bond acceptors (Lipinski definition) is 5. The SMILES string of the molecule is COC1C[C@](OCc2cccc(Cl)c2)(C(=O)NCC(C)C)C[C@H]2OC(C)(C)O[C@@H]12. The molecule has 1 heterocycles. The number of halogens is 1. The number of benzene rings is 1. The number of carbonyl (C=O) groups excluding carboxylic acids is 1. The van der Waals surface area contributed by atoms with Crippen molar-refractivity contribution in [2.75, 3.05) is 13.7 Å². The molecule has 1 aliphatic carbocycles. The van der Waals surface area contributed by atoms with Crippen LogP contribution in [0.2, 0.25) is 5.02 Å². The predicted molar refractivity (Wildman–Crippen MR) is 111 cm³/mol. The number of fused-ring (bicyclic) bond motifs is 1. The molecule has 1 saturated heterocycles. The van der Waals surface area contributed by atoms with Gasteiger partial charge in [0.25, 0.3) is 5.91 Å². The van der Waals surface area contributed by atoms with Gasteiger partial charge in [0.15, 0.2) is 11.4 Å². The van der Waals surface area contributed by atoms with Gasteiger partial charge in [-0.05, 0) is 37.5 Å². The highest BCUT2D eigenvalue weighted by Crippen LogP contribution is 2.43. The molecule has 1 amide bonds. The Morgan fingerprint density at radius 1 is 1.31 bits per heavy atom. The van der Waals surface area contributed by atoms with Crippen molar-refractivity contribution in [1.29, 1.82) is 0 Å². The minimum Gasteiger partial charge on any atom is -0.379 e. The predicted octanol–water partition coefficient (Wildman–Crippen LogP) is 3.70. The molecule has 1 aliphatic heterocycles. The van der Waals surface area contributed by atoms with E-state index in [1.54, 1.807) is 7.11 Å². The molecule has 1 aromatic carbocycles. The topological polar surface area (TPSA) is 66.0 Å². The molecular weight excluding hydrogens is 394 g/mol. The molecule has 2 fully saturated rings. The molecular formula is C22H32ClNO5.